The molecule has 1 rings (SSSR count). The fourth-order valence-corrected chi connectivity index (χ4v) is 2.45. The summed E-state index contributed by atoms with van der Waals surface area (Å²) >= 11 is 0. The van der Waals surface area contributed by atoms with Crippen LogP contribution in [0, 0.1) is 20.8 Å². The second kappa shape index (κ2) is 7.73. The van der Waals surface area contributed by atoms with Gasteiger partial charge in [0.05, 0.1) is 6.61 Å². The van der Waals surface area contributed by atoms with E-state index < -0.39 is 30.3 Å². The average Bonchev–Trinajstić information content (AvgIpc) is 2.43. The predicted molar refractivity (Wildman–Crippen MR) is 86.5 cm³/mol. The molecule has 1 atom stereocenters. The van der Waals surface area contributed by atoms with E-state index in [2.05, 4.69) is 4.74 Å². The molecular weight excluding hydrogens is 362 g/mol. The number of allylic oxidation sites excluding steroid dienone is 1. The van der Waals surface area contributed by atoms with Gasteiger partial charge in [-0.05, 0) is 50.5 Å². The summed E-state index contributed by atoms with van der Waals surface area (Å²) in [6.45, 7) is 5.81. The fourth-order valence-electron chi connectivity index (χ4n) is 2.45. The van der Waals surface area contributed by atoms with Crippen LogP contribution in [0.25, 0.3) is 6.08 Å². The highest BCUT2D eigenvalue weighted by Crippen LogP contribution is 2.38. The van der Waals surface area contributed by atoms with E-state index in [1.54, 1.807) is 32.9 Å². The first-order valence-electron chi connectivity index (χ1n) is 7.70. The number of alkyl halides is 6. The van der Waals surface area contributed by atoms with E-state index in [4.69, 9.17) is 0 Å². The van der Waals surface area contributed by atoms with E-state index in [9.17, 15) is 31.4 Å². The normalized spacial score (nSPS) is 16.0. The quantitative estimate of drug-likeness (QED) is 0.546. The van der Waals surface area contributed by atoms with E-state index in [1.807, 2.05) is 0 Å². The second-order valence-corrected chi connectivity index (χ2v) is 5.91. The number of aliphatic hydroxyl groups is 1. The molecule has 26 heavy (non-hydrogen) atoms. The van der Waals surface area contributed by atoms with Crippen molar-refractivity contribution < 1.29 is 36.2 Å². The van der Waals surface area contributed by atoms with Gasteiger partial charge in [-0.2, -0.15) is 26.3 Å². The average molecular weight is 382 g/mol. The van der Waals surface area contributed by atoms with Crippen LogP contribution in [0.2, 0.25) is 0 Å². The Morgan fingerprint density at radius 1 is 1.04 bits per heavy atom. The van der Waals surface area contributed by atoms with Crippen LogP contribution < -0.4 is 0 Å². The van der Waals surface area contributed by atoms with Gasteiger partial charge in [-0.3, -0.25) is 0 Å². The zero-order chi connectivity index (χ0) is 20.3. The standard InChI is InChI=1S/C18H20F6O2/c1-5-26-15(17(19,20)21)10-16(25,18(22,23)24)7-6-14-12(3)8-11(2)9-13(14)4/h6-10,25H,5H2,1-4H3/b7-6+,15-10-. The molecule has 1 aromatic rings. The van der Waals surface area contributed by atoms with E-state index >= 15 is 0 Å². The van der Waals surface area contributed by atoms with Crippen LogP contribution >= 0.6 is 0 Å². The first kappa shape index (κ1) is 22.1. The maximum absolute atomic E-state index is 13.3. The van der Waals surface area contributed by atoms with Gasteiger partial charge in [-0.15, -0.1) is 0 Å². The van der Waals surface area contributed by atoms with Crippen molar-refractivity contribution in [3.05, 3.63) is 52.3 Å². The summed E-state index contributed by atoms with van der Waals surface area (Å²) in [5.74, 6) is -1.90. The molecule has 0 amide bonds. The van der Waals surface area contributed by atoms with E-state index in [0.717, 1.165) is 11.6 Å². The minimum absolute atomic E-state index is 0.294. The Bertz CT molecular complexity index is 678. The van der Waals surface area contributed by atoms with Crippen molar-refractivity contribution in [1.29, 1.82) is 0 Å². The molecule has 1 N–H and O–H groups in total. The third-order valence-electron chi connectivity index (χ3n) is 3.63. The van der Waals surface area contributed by atoms with Crippen molar-refractivity contribution >= 4 is 6.08 Å². The number of halogens is 6. The SMILES string of the molecule is CCO/C(=C\C(O)(/C=C/c1c(C)cc(C)cc1C)C(F)(F)F)C(F)(F)F. The second-order valence-electron chi connectivity index (χ2n) is 5.91. The Balaban J connectivity index is 3.48. The molecular formula is C18H20F6O2. The monoisotopic (exact) mass is 382 g/mol. The fraction of sp³-hybridized carbons (Fsp3) is 0.444. The summed E-state index contributed by atoms with van der Waals surface area (Å²) < 4.78 is 82.7. The molecule has 0 fully saturated rings. The van der Waals surface area contributed by atoms with E-state index in [-0.39, 0.29) is 6.08 Å². The van der Waals surface area contributed by atoms with Crippen LogP contribution in [0.1, 0.15) is 29.2 Å². The maximum atomic E-state index is 13.3. The first-order chi connectivity index (χ1) is 11.7. The summed E-state index contributed by atoms with van der Waals surface area (Å²) in [7, 11) is 0. The molecule has 2 nitrogen and oxygen atoms in total. The van der Waals surface area contributed by atoms with Crippen LogP contribution in [0.3, 0.4) is 0 Å². The third kappa shape index (κ3) is 5.27. The number of aryl methyl sites for hydroxylation is 3. The van der Waals surface area contributed by atoms with E-state index in [0.29, 0.717) is 22.8 Å². The molecule has 146 valence electrons. The molecule has 1 aromatic carbocycles. The maximum Gasteiger partial charge on any atom is 0.448 e. The summed E-state index contributed by atoms with van der Waals surface area (Å²) in [4.78, 5) is 0. The van der Waals surface area contributed by atoms with Crippen LogP contribution in [-0.2, 0) is 4.74 Å². The predicted octanol–water partition coefficient (Wildman–Crippen LogP) is 5.40. The molecule has 0 radical (unpaired) electrons. The highest BCUT2D eigenvalue weighted by Gasteiger charge is 2.53. The molecule has 1 unspecified atom stereocenters. The van der Waals surface area contributed by atoms with Crippen molar-refractivity contribution in [1.82, 2.24) is 0 Å². The number of rotatable bonds is 5. The first-order valence-corrected chi connectivity index (χ1v) is 7.70. The smallest absolute Gasteiger partial charge is 0.448 e. The number of ether oxygens (including phenoxy) is 1. The van der Waals surface area contributed by atoms with Gasteiger partial charge in [0.15, 0.2) is 5.76 Å². The number of hydrogen-bond donors (Lipinski definition) is 1. The highest BCUT2D eigenvalue weighted by molar-refractivity contribution is 5.60. The van der Waals surface area contributed by atoms with Crippen LogP contribution in [0.4, 0.5) is 26.3 Å². The highest BCUT2D eigenvalue weighted by atomic mass is 19.4. The summed E-state index contributed by atoms with van der Waals surface area (Å²) in [5, 5.41) is 9.94. The molecule has 8 heteroatoms. The van der Waals surface area contributed by atoms with Gasteiger partial charge >= 0.3 is 12.4 Å². The van der Waals surface area contributed by atoms with Gasteiger partial charge in [0, 0.05) is 6.08 Å². The Kier molecular flexibility index (Phi) is 6.57. The summed E-state index contributed by atoms with van der Waals surface area (Å²) in [6.07, 6.45) is -9.63. The molecule has 0 aromatic heterocycles. The third-order valence-corrected chi connectivity index (χ3v) is 3.63. The van der Waals surface area contributed by atoms with Gasteiger partial charge in [0.2, 0.25) is 5.60 Å². The summed E-state index contributed by atoms with van der Waals surface area (Å²) in [6, 6.07) is 3.44. The molecule has 0 aliphatic heterocycles. The van der Waals surface area contributed by atoms with Gasteiger partial charge in [0.1, 0.15) is 0 Å². The van der Waals surface area contributed by atoms with Crippen molar-refractivity contribution in [3.8, 4) is 0 Å². The Labute approximate surface area is 147 Å². The van der Waals surface area contributed by atoms with Crippen LogP contribution in [-0.4, -0.2) is 29.7 Å². The summed E-state index contributed by atoms with van der Waals surface area (Å²) in [5.41, 5.74) is -1.30. The lowest BCUT2D eigenvalue weighted by atomic mass is 9.95. The molecule has 0 aliphatic rings. The van der Waals surface area contributed by atoms with Gasteiger partial charge < -0.3 is 9.84 Å². The van der Waals surface area contributed by atoms with Crippen LogP contribution in [0.5, 0.6) is 0 Å². The molecule has 0 heterocycles. The lowest BCUT2D eigenvalue weighted by molar-refractivity contribution is -0.223. The Morgan fingerprint density at radius 2 is 1.54 bits per heavy atom. The van der Waals surface area contributed by atoms with E-state index in [1.165, 1.54) is 6.92 Å². The number of benzene rings is 1. The van der Waals surface area contributed by atoms with Crippen LogP contribution in [0.15, 0.2) is 30.0 Å². The molecule has 0 spiro atoms. The lowest BCUT2D eigenvalue weighted by Crippen LogP contribution is -2.42. The zero-order valence-electron chi connectivity index (χ0n) is 14.7. The Morgan fingerprint density at radius 3 is 1.92 bits per heavy atom. The minimum atomic E-state index is -5.37. The minimum Gasteiger partial charge on any atom is -0.489 e. The van der Waals surface area contributed by atoms with Crippen molar-refractivity contribution in [2.24, 2.45) is 0 Å². The Hall–Kier alpha value is -1.96. The number of hydrogen-bond acceptors (Lipinski definition) is 2. The van der Waals surface area contributed by atoms with Crippen molar-refractivity contribution in [2.75, 3.05) is 6.61 Å². The topological polar surface area (TPSA) is 29.5 Å². The van der Waals surface area contributed by atoms with Crippen molar-refractivity contribution in [2.45, 2.75) is 45.6 Å². The zero-order valence-corrected chi connectivity index (χ0v) is 14.7. The molecule has 0 saturated carbocycles. The molecule has 0 saturated heterocycles. The van der Waals surface area contributed by atoms with Gasteiger partial charge in [-0.25, -0.2) is 0 Å². The van der Waals surface area contributed by atoms with Crippen molar-refractivity contribution in [3.63, 3.8) is 0 Å². The lowest BCUT2D eigenvalue weighted by Gasteiger charge is -2.26. The molecule has 0 bridgehead atoms. The van der Waals surface area contributed by atoms with Gasteiger partial charge in [0.25, 0.3) is 0 Å². The van der Waals surface area contributed by atoms with Gasteiger partial charge in [-0.1, -0.05) is 23.8 Å². The molecule has 0 aliphatic carbocycles. The largest absolute Gasteiger partial charge is 0.489 e.